The number of hydrogen-bond donors (Lipinski definition) is 2. The van der Waals surface area contributed by atoms with Gasteiger partial charge in [0.1, 0.15) is 0 Å². The van der Waals surface area contributed by atoms with Gasteiger partial charge in [-0.05, 0) is 45.1 Å². The van der Waals surface area contributed by atoms with Crippen LogP contribution in [0.25, 0.3) is 0 Å². The van der Waals surface area contributed by atoms with Gasteiger partial charge in [0.2, 0.25) is 5.91 Å². The van der Waals surface area contributed by atoms with Crippen LogP contribution in [0, 0.1) is 5.41 Å². The molecule has 106 valence electrons. The minimum Gasteiger partial charge on any atom is -0.396 e. The Morgan fingerprint density at radius 2 is 2.17 bits per heavy atom. The average Bonchev–Trinajstić information content (AvgIpc) is 2.43. The van der Waals surface area contributed by atoms with Gasteiger partial charge >= 0.3 is 0 Å². The number of aliphatic hydroxyl groups excluding tert-OH is 1. The Kier molecular flexibility index (Phi) is 6.65. The van der Waals surface area contributed by atoms with Crippen molar-refractivity contribution in [3.63, 3.8) is 0 Å². The summed E-state index contributed by atoms with van der Waals surface area (Å²) < 4.78 is 0. The van der Waals surface area contributed by atoms with Crippen molar-refractivity contribution in [2.24, 2.45) is 5.41 Å². The molecule has 1 unspecified atom stereocenters. The minimum atomic E-state index is -0.177. The van der Waals surface area contributed by atoms with Crippen LogP contribution in [0.1, 0.15) is 45.4 Å². The lowest BCUT2D eigenvalue weighted by Gasteiger charge is -2.38. The second kappa shape index (κ2) is 7.74. The molecule has 1 rings (SSSR count). The van der Waals surface area contributed by atoms with E-state index in [4.69, 9.17) is 5.11 Å². The molecular weight excluding hydrogens is 228 g/mol. The van der Waals surface area contributed by atoms with Gasteiger partial charge in [-0.15, -0.1) is 0 Å². The van der Waals surface area contributed by atoms with Gasteiger partial charge in [-0.1, -0.05) is 6.92 Å². The molecule has 2 N–H and O–H groups in total. The van der Waals surface area contributed by atoms with Crippen molar-refractivity contribution in [2.75, 3.05) is 33.3 Å². The smallest absolute Gasteiger partial charge is 0.229 e. The van der Waals surface area contributed by atoms with E-state index in [1.54, 1.807) is 0 Å². The zero-order valence-corrected chi connectivity index (χ0v) is 11.9. The van der Waals surface area contributed by atoms with Crippen LogP contribution in [0.2, 0.25) is 0 Å². The first-order valence-electron chi connectivity index (χ1n) is 7.23. The molecule has 4 heteroatoms. The predicted molar refractivity (Wildman–Crippen MR) is 73.4 cm³/mol. The van der Waals surface area contributed by atoms with E-state index in [-0.39, 0.29) is 12.0 Å². The molecule has 0 aliphatic carbocycles. The van der Waals surface area contributed by atoms with Gasteiger partial charge in [0.05, 0.1) is 5.41 Å². The Bertz CT molecular complexity index is 250. The fourth-order valence-electron chi connectivity index (χ4n) is 2.75. The minimum absolute atomic E-state index is 0.177. The summed E-state index contributed by atoms with van der Waals surface area (Å²) in [6.45, 7) is 5.03. The number of carbonyl (C=O) groups excluding carboxylic acids is 1. The molecule has 1 aliphatic rings. The standard InChI is InChI=1S/C14H28N2O2/c1-3-14(8-7-9-15-12-14)13(18)16(2)10-5-4-6-11-17/h15,17H,3-12H2,1-2H3. The molecular formula is C14H28N2O2. The SMILES string of the molecule is CCC1(C(=O)N(C)CCCCCO)CCCNC1. The van der Waals surface area contributed by atoms with Crippen molar-refractivity contribution < 1.29 is 9.90 Å². The molecule has 1 saturated heterocycles. The van der Waals surface area contributed by atoms with E-state index >= 15 is 0 Å². The van der Waals surface area contributed by atoms with E-state index in [9.17, 15) is 4.79 Å². The molecule has 0 aromatic carbocycles. The van der Waals surface area contributed by atoms with Gasteiger partial charge in [0.25, 0.3) is 0 Å². The molecule has 1 amide bonds. The maximum Gasteiger partial charge on any atom is 0.229 e. The number of hydrogen-bond acceptors (Lipinski definition) is 3. The van der Waals surface area contributed by atoms with Gasteiger partial charge in [0.15, 0.2) is 0 Å². The molecule has 4 nitrogen and oxygen atoms in total. The van der Waals surface area contributed by atoms with E-state index < -0.39 is 0 Å². The first kappa shape index (κ1) is 15.4. The second-order valence-electron chi connectivity index (χ2n) is 5.43. The molecule has 1 heterocycles. The quantitative estimate of drug-likeness (QED) is 0.677. The third-order valence-electron chi connectivity index (χ3n) is 4.10. The number of unbranched alkanes of at least 4 members (excludes halogenated alkanes) is 2. The van der Waals surface area contributed by atoms with Crippen molar-refractivity contribution in [1.82, 2.24) is 10.2 Å². The zero-order valence-electron chi connectivity index (χ0n) is 11.9. The van der Waals surface area contributed by atoms with E-state index in [0.29, 0.717) is 5.91 Å². The fourth-order valence-corrected chi connectivity index (χ4v) is 2.75. The molecule has 0 aromatic heterocycles. The highest BCUT2D eigenvalue weighted by atomic mass is 16.2. The van der Waals surface area contributed by atoms with Crippen molar-refractivity contribution >= 4 is 5.91 Å². The highest BCUT2D eigenvalue weighted by Gasteiger charge is 2.39. The van der Waals surface area contributed by atoms with Crippen LogP contribution in [-0.4, -0.2) is 49.2 Å². The maximum atomic E-state index is 12.6. The van der Waals surface area contributed by atoms with Crippen LogP contribution in [0.5, 0.6) is 0 Å². The summed E-state index contributed by atoms with van der Waals surface area (Å²) in [4.78, 5) is 14.4. The lowest BCUT2D eigenvalue weighted by molar-refractivity contribution is -0.142. The average molecular weight is 256 g/mol. The molecule has 0 saturated carbocycles. The predicted octanol–water partition coefficient (Wildman–Crippen LogP) is 1.39. The van der Waals surface area contributed by atoms with Crippen molar-refractivity contribution in [3.8, 4) is 0 Å². The summed E-state index contributed by atoms with van der Waals surface area (Å²) in [6, 6.07) is 0. The topological polar surface area (TPSA) is 52.6 Å². The number of nitrogens with one attached hydrogen (secondary N) is 1. The van der Waals surface area contributed by atoms with Gasteiger partial charge in [0, 0.05) is 26.7 Å². The summed E-state index contributed by atoms with van der Waals surface area (Å²) >= 11 is 0. The molecule has 0 bridgehead atoms. The molecule has 1 aliphatic heterocycles. The Hall–Kier alpha value is -0.610. The molecule has 0 radical (unpaired) electrons. The number of amides is 1. The van der Waals surface area contributed by atoms with Gasteiger partial charge in [-0.2, -0.15) is 0 Å². The van der Waals surface area contributed by atoms with E-state index in [1.807, 2.05) is 11.9 Å². The van der Waals surface area contributed by atoms with Crippen LogP contribution >= 0.6 is 0 Å². The molecule has 0 spiro atoms. The second-order valence-corrected chi connectivity index (χ2v) is 5.43. The van der Waals surface area contributed by atoms with Crippen LogP contribution < -0.4 is 5.32 Å². The maximum absolute atomic E-state index is 12.6. The summed E-state index contributed by atoms with van der Waals surface area (Å²) in [7, 11) is 1.91. The molecule has 18 heavy (non-hydrogen) atoms. The van der Waals surface area contributed by atoms with Crippen molar-refractivity contribution in [1.29, 1.82) is 0 Å². The Morgan fingerprint density at radius 3 is 2.72 bits per heavy atom. The van der Waals surface area contributed by atoms with Gasteiger partial charge in [-0.25, -0.2) is 0 Å². The van der Waals surface area contributed by atoms with Crippen molar-refractivity contribution in [3.05, 3.63) is 0 Å². The lowest BCUT2D eigenvalue weighted by atomic mass is 9.77. The highest BCUT2D eigenvalue weighted by molar-refractivity contribution is 5.82. The Labute approximate surface area is 111 Å². The lowest BCUT2D eigenvalue weighted by Crippen LogP contribution is -2.50. The van der Waals surface area contributed by atoms with E-state index in [0.717, 1.165) is 58.2 Å². The summed E-state index contributed by atoms with van der Waals surface area (Å²) in [5.74, 6) is 0.293. The summed E-state index contributed by atoms with van der Waals surface area (Å²) in [6.07, 6.45) is 5.83. The summed E-state index contributed by atoms with van der Waals surface area (Å²) in [5.41, 5.74) is -0.177. The van der Waals surface area contributed by atoms with Crippen LogP contribution in [0.3, 0.4) is 0 Å². The molecule has 0 aromatic rings. The number of piperidine rings is 1. The zero-order chi connectivity index (χ0) is 13.4. The van der Waals surface area contributed by atoms with Crippen LogP contribution in [0.15, 0.2) is 0 Å². The molecule has 1 fully saturated rings. The molecule has 1 atom stereocenters. The van der Waals surface area contributed by atoms with Gasteiger partial charge in [-0.3, -0.25) is 4.79 Å². The third kappa shape index (κ3) is 3.95. The van der Waals surface area contributed by atoms with Gasteiger partial charge < -0.3 is 15.3 Å². The summed E-state index contributed by atoms with van der Waals surface area (Å²) in [5, 5.41) is 12.1. The van der Waals surface area contributed by atoms with Crippen LogP contribution in [0.4, 0.5) is 0 Å². The van der Waals surface area contributed by atoms with Crippen LogP contribution in [-0.2, 0) is 4.79 Å². The number of carbonyl (C=O) groups is 1. The number of nitrogens with zero attached hydrogens (tertiary/aromatic N) is 1. The Balaban J connectivity index is 2.44. The fraction of sp³-hybridized carbons (Fsp3) is 0.929. The van der Waals surface area contributed by atoms with Crippen molar-refractivity contribution in [2.45, 2.75) is 45.4 Å². The first-order chi connectivity index (χ1) is 8.66. The van der Waals surface area contributed by atoms with E-state index in [1.165, 1.54) is 0 Å². The normalized spacial score (nSPS) is 23.9. The largest absolute Gasteiger partial charge is 0.396 e. The van der Waals surface area contributed by atoms with E-state index in [2.05, 4.69) is 12.2 Å². The Morgan fingerprint density at radius 1 is 1.39 bits per heavy atom. The monoisotopic (exact) mass is 256 g/mol. The number of aliphatic hydroxyl groups is 1. The number of rotatable bonds is 7. The highest BCUT2D eigenvalue weighted by Crippen LogP contribution is 2.32. The first-order valence-corrected chi connectivity index (χ1v) is 7.23. The third-order valence-corrected chi connectivity index (χ3v) is 4.10.